The van der Waals surface area contributed by atoms with Gasteiger partial charge in [0.05, 0.1) is 11.0 Å². The van der Waals surface area contributed by atoms with Gasteiger partial charge in [-0.3, -0.25) is 4.79 Å². The van der Waals surface area contributed by atoms with Crippen LogP contribution in [0.25, 0.3) is 0 Å². The first-order chi connectivity index (χ1) is 8.16. The van der Waals surface area contributed by atoms with Crippen LogP contribution in [0.3, 0.4) is 0 Å². The number of nitrogens with two attached hydrogens (primary N) is 2. The number of sulfonamides is 1. The molecule has 1 amide bonds. The summed E-state index contributed by atoms with van der Waals surface area (Å²) in [5, 5.41) is 0. The monoisotopic (exact) mass is 339 g/mol. The van der Waals surface area contributed by atoms with Crippen molar-refractivity contribution in [2.24, 2.45) is 5.73 Å². The Morgan fingerprint density at radius 1 is 1.50 bits per heavy atom. The van der Waals surface area contributed by atoms with Gasteiger partial charge >= 0.3 is 0 Å². The van der Waals surface area contributed by atoms with Crippen LogP contribution in [0.1, 0.15) is 0 Å². The van der Waals surface area contributed by atoms with Crippen molar-refractivity contribution in [2.45, 2.75) is 4.90 Å². The molecule has 0 saturated carbocycles. The standard InChI is InChI=1S/C9H11BrFN3O3S/c1-14(4-8(13)15)18(16,17)7-3-5(12)2-6(10)9(7)11/h2-3H,4,12H2,1H3,(H2,13,15). The zero-order chi connectivity index (χ0) is 14.1. The molecular formula is C9H11BrFN3O3S. The molecule has 100 valence electrons. The summed E-state index contributed by atoms with van der Waals surface area (Å²) in [5.74, 6) is -1.81. The van der Waals surface area contributed by atoms with Crippen molar-refractivity contribution >= 4 is 37.5 Å². The van der Waals surface area contributed by atoms with E-state index in [1.165, 1.54) is 6.07 Å². The second-order valence-electron chi connectivity index (χ2n) is 3.54. The van der Waals surface area contributed by atoms with Gasteiger partial charge in [0.25, 0.3) is 0 Å². The summed E-state index contributed by atoms with van der Waals surface area (Å²) in [6.45, 7) is -0.547. The fraction of sp³-hybridized carbons (Fsp3) is 0.222. The first kappa shape index (κ1) is 14.9. The van der Waals surface area contributed by atoms with Gasteiger partial charge in [0.2, 0.25) is 15.9 Å². The molecule has 1 aromatic carbocycles. The van der Waals surface area contributed by atoms with E-state index in [1.54, 1.807) is 0 Å². The Bertz CT molecular complexity index is 591. The van der Waals surface area contributed by atoms with Crippen LogP contribution in [0.4, 0.5) is 10.1 Å². The summed E-state index contributed by atoms with van der Waals surface area (Å²) < 4.78 is 38.3. The van der Waals surface area contributed by atoms with E-state index in [2.05, 4.69) is 15.9 Å². The van der Waals surface area contributed by atoms with Crippen LogP contribution in [0, 0.1) is 5.82 Å². The molecule has 0 bridgehead atoms. The zero-order valence-electron chi connectivity index (χ0n) is 9.35. The molecular weight excluding hydrogens is 329 g/mol. The van der Waals surface area contributed by atoms with Gasteiger partial charge in [-0.1, -0.05) is 0 Å². The Hall–Kier alpha value is -1.19. The highest BCUT2D eigenvalue weighted by Gasteiger charge is 2.27. The van der Waals surface area contributed by atoms with Crippen LogP contribution in [0.2, 0.25) is 0 Å². The molecule has 0 heterocycles. The minimum Gasteiger partial charge on any atom is -0.399 e. The van der Waals surface area contributed by atoms with Crippen LogP contribution in [-0.4, -0.2) is 32.2 Å². The molecule has 4 N–H and O–H groups in total. The number of likely N-dealkylation sites (N-methyl/N-ethyl adjacent to an activating group) is 1. The minimum absolute atomic E-state index is 0.0754. The highest BCUT2D eigenvalue weighted by atomic mass is 79.9. The number of nitrogens with zero attached hydrogens (tertiary/aromatic N) is 1. The molecule has 1 rings (SSSR count). The number of anilines is 1. The third kappa shape index (κ3) is 2.98. The molecule has 0 aliphatic rings. The fourth-order valence-electron chi connectivity index (χ4n) is 1.24. The quantitative estimate of drug-likeness (QED) is 0.768. The average Bonchev–Trinajstić information content (AvgIpc) is 2.22. The number of nitrogen functional groups attached to an aromatic ring is 1. The van der Waals surface area contributed by atoms with E-state index in [0.717, 1.165) is 13.1 Å². The predicted molar refractivity (Wildman–Crippen MR) is 67.5 cm³/mol. The topological polar surface area (TPSA) is 106 Å². The second-order valence-corrected chi connectivity index (χ2v) is 6.41. The highest BCUT2D eigenvalue weighted by Crippen LogP contribution is 2.27. The Morgan fingerprint density at radius 2 is 2.06 bits per heavy atom. The lowest BCUT2D eigenvalue weighted by molar-refractivity contribution is -0.118. The molecule has 0 aliphatic heterocycles. The molecule has 18 heavy (non-hydrogen) atoms. The number of carbonyl (C=O) groups is 1. The van der Waals surface area contributed by atoms with Gasteiger partial charge in [0.15, 0.2) is 5.82 Å². The number of hydrogen-bond donors (Lipinski definition) is 2. The summed E-state index contributed by atoms with van der Waals surface area (Å²) in [5.41, 5.74) is 10.4. The third-order valence-electron chi connectivity index (χ3n) is 2.08. The molecule has 0 atom stereocenters. The van der Waals surface area contributed by atoms with E-state index in [9.17, 15) is 17.6 Å². The van der Waals surface area contributed by atoms with Gasteiger partial charge in [0.1, 0.15) is 4.90 Å². The molecule has 0 unspecified atom stereocenters. The van der Waals surface area contributed by atoms with Gasteiger partial charge in [-0.2, -0.15) is 4.31 Å². The van der Waals surface area contributed by atoms with Gasteiger partial charge in [-0.05, 0) is 28.1 Å². The number of rotatable bonds is 4. The summed E-state index contributed by atoms with van der Waals surface area (Å²) in [7, 11) is -3.04. The van der Waals surface area contributed by atoms with E-state index in [4.69, 9.17) is 11.5 Å². The van der Waals surface area contributed by atoms with Crippen molar-refractivity contribution in [1.82, 2.24) is 4.31 Å². The molecule has 0 aliphatic carbocycles. The van der Waals surface area contributed by atoms with Crippen LogP contribution in [0.5, 0.6) is 0 Å². The molecule has 6 nitrogen and oxygen atoms in total. The van der Waals surface area contributed by atoms with Crippen LogP contribution >= 0.6 is 15.9 Å². The molecule has 0 spiro atoms. The maximum atomic E-state index is 13.8. The number of halogens is 2. The van der Waals surface area contributed by atoms with Crippen molar-refractivity contribution in [1.29, 1.82) is 0 Å². The zero-order valence-corrected chi connectivity index (χ0v) is 11.8. The number of benzene rings is 1. The van der Waals surface area contributed by atoms with E-state index in [0.29, 0.717) is 4.31 Å². The van der Waals surface area contributed by atoms with E-state index in [1.807, 2.05) is 0 Å². The number of primary amides is 1. The lowest BCUT2D eigenvalue weighted by Crippen LogP contribution is -2.35. The lowest BCUT2D eigenvalue weighted by atomic mass is 10.3. The van der Waals surface area contributed by atoms with Crippen molar-refractivity contribution in [3.8, 4) is 0 Å². The Balaban J connectivity index is 3.33. The molecule has 0 fully saturated rings. The Kier molecular flexibility index (Phi) is 4.30. The molecule has 9 heteroatoms. The highest BCUT2D eigenvalue weighted by molar-refractivity contribution is 9.10. The van der Waals surface area contributed by atoms with Gasteiger partial charge in [-0.15, -0.1) is 0 Å². The second kappa shape index (κ2) is 5.21. The lowest BCUT2D eigenvalue weighted by Gasteiger charge is -2.16. The van der Waals surface area contributed by atoms with Gasteiger partial charge in [-0.25, -0.2) is 12.8 Å². The van der Waals surface area contributed by atoms with Crippen molar-refractivity contribution in [2.75, 3.05) is 19.3 Å². The summed E-state index contributed by atoms with van der Waals surface area (Å²) in [4.78, 5) is 10.1. The minimum atomic E-state index is -4.16. The largest absolute Gasteiger partial charge is 0.399 e. The van der Waals surface area contributed by atoms with Gasteiger partial charge < -0.3 is 11.5 Å². The van der Waals surface area contributed by atoms with Crippen molar-refractivity contribution < 1.29 is 17.6 Å². The Labute approximate surface area is 112 Å². The normalized spacial score (nSPS) is 11.8. The van der Waals surface area contributed by atoms with E-state index in [-0.39, 0.29) is 10.2 Å². The van der Waals surface area contributed by atoms with Crippen molar-refractivity contribution in [3.63, 3.8) is 0 Å². The molecule has 0 radical (unpaired) electrons. The molecule has 0 saturated heterocycles. The first-order valence-corrected chi connectivity index (χ1v) is 6.88. The fourth-order valence-corrected chi connectivity index (χ4v) is 3.11. The van der Waals surface area contributed by atoms with E-state index < -0.39 is 33.2 Å². The summed E-state index contributed by atoms with van der Waals surface area (Å²) in [6, 6.07) is 2.22. The van der Waals surface area contributed by atoms with Crippen LogP contribution in [-0.2, 0) is 14.8 Å². The predicted octanol–water partition coefficient (Wildman–Crippen LogP) is 0.276. The van der Waals surface area contributed by atoms with Crippen molar-refractivity contribution in [3.05, 3.63) is 22.4 Å². The maximum absolute atomic E-state index is 13.8. The van der Waals surface area contributed by atoms with Gasteiger partial charge in [0, 0.05) is 12.7 Å². The van der Waals surface area contributed by atoms with Crippen LogP contribution < -0.4 is 11.5 Å². The SMILES string of the molecule is CN(CC(N)=O)S(=O)(=O)c1cc(N)cc(Br)c1F. The molecule has 1 aromatic rings. The number of amides is 1. The third-order valence-corrected chi connectivity index (χ3v) is 4.46. The number of hydrogen-bond acceptors (Lipinski definition) is 4. The van der Waals surface area contributed by atoms with E-state index >= 15 is 0 Å². The first-order valence-electron chi connectivity index (χ1n) is 4.65. The Morgan fingerprint density at radius 3 is 2.56 bits per heavy atom. The maximum Gasteiger partial charge on any atom is 0.246 e. The average molecular weight is 340 g/mol. The van der Waals surface area contributed by atoms with Crippen LogP contribution in [0.15, 0.2) is 21.5 Å². The number of carbonyl (C=O) groups excluding carboxylic acids is 1. The molecule has 0 aromatic heterocycles. The summed E-state index contributed by atoms with van der Waals surface area (Å²) in [6.07, 6.45) is 0. The smallest absolute Gasteiger partial charge is 0.246 e. The summed E-state index contributed by atoms with van der Waals surface area (Å²) >= 11 is 2.86.